The average molecular weight is 509 g/mol. The normalized spacial score (nSPS) is 11.5. The van der Waals surface area contributed by atoms with Gasteiger partial charge < -0.3 is 9.88 Å². The lowest BCUT2D eigenvalue weighted by atomic mass is 10.0. The Morgan fingerprint density at radius 1 is 0.868 bits per heavy atom. The highest BCUT2D eigenvalue weighted by atomic mass is 19.1. The van der Waals surface area contributed by atoms with E-state index in [0.29, 0.717) is 5.56 Å². The Balaban J connectivity index is 1.56. The summed E-state index contributed by atoms with van der Waals surface area (Å²) in [6, 6.07) is 20.3. The number of nitrogens with zero attached hydrogens (tertiary/aromatic N) is 5. The van der Waals surface area contributed by atoms with Crippen molar-refractivity contribution in [3.8, 4) is 28.3 Å². The van der Waals surface area contributed by atoms with E-state index in [0.717, 1.165) is 44.8 Å². The minimum Gasteiger partial charge on any atom is -0.355 e. The van der Waals surface area contributed by atoms with Crippen molar-refractivity contribution in [2.75, 3.05) is 7.05 Å². The first-order valence-corrected chi connectivity index (χ1v) is 12.1. The van der Waals surface area contributed by atoms with E-state index in [1.165, 1.54) is 19.2 Å². The van der Waals surface area contributed by atoms with Gasteiger partial charge in [0.2, 0.25) is 0 Å². The van der Waals surface area contributed by atoms with Crippen LogP contribution in [0.25, 0.3) is 50.4 Å². The van der Waals surface area contributed by atoms with Crippen molar-refractivity contribution in [3.63, 3.8) is 0 Å². The second-order valence-corrected chi connectivity index (χ2v) is 9.33. The zero-order valence-electron chi connectivity index (χ0n) is 21.4. The number of nitrogens with one attached hydrogen (secondary N) is 1. The molecule has 9 heteroatoms. The van der Waals surface area contributed by atoms with E-state index in [2.05, 4.69) is 9.88 Å². The second kappa shape index (κ2) is 8.58. The average Bonchev–Trinajstić information content (AvgIpc) is 3.58. The topological polar surface area (TPSA) is 78.8 Å². The van der Waals surface area contributed by atoms with Gasteiger partial charge >= 0.3 is 5.69 Å². The molecule has 0 saturated carbocycles. The smallest absolute Gasteiger partial charge is 0.328 e. The summed E-state index contributed by atoms with van der Waals surface area (Å²) in [6.45, 7) is 0. The van der Waals surface area contributed by atoms with Crippen LogP contribution in [0.15, 0.2) is 77.7 Å². The van der Waals surface area contributed by atoms with Crippen LogP contribution in [-0.2, 0) is 21.1 Å². The Bertz CT molecular complexity index is 1960. The molecule has 0 fully saturated rings. The molecule has 0 unspecified atom stereocenters. The monoisotopic (exact) mass is 508 g/mol. The summed E-state index contributed by atoms with van der Waals surface area (Å²) in [5, 5.41) is 2.45. The first-order chi connectivity index (χ1) is 18.3. The minimum atomic E-state index is -0.584. The number of rotatable bonds is 4. The number of hydrogen-bond acceptors (Lipinski definition) is 3. The van der Waals surface area contributed by atoms with Gasteiger partial charge in [-0.2, -0.15) is 0 Å². The summed E-state index contributed by atoms with van der Waals surface area (Å²) in [5.74, 6) is -0.312. The number of aromatic nitrogens is 5. The molecule has 6 rings (SSSR count). The number of imidazole rings is 2. The molecule has 0 aliphatic rings. The van der Waals surface area contributed by atoms with E-state index < -0.39 is 11.7 Å². The molecule has 0 bridgehead atoms. The van der Waals surface area contributed by atoms with Crippen LogP contribution in [-0.4, -0.2) is 36.2 Å². The summed E-state index contributed by atoms with van der Waals surface area (Å²) in [4.78, 5) is 29.4. The van der Waals surface area contributed by atoms with Crippen molar-refractivity contribution in [1.29, 1.82) is 0 Å². The van der Waals surface area contributed by atoms with E-state index in [1.807, 2.05) is 66.3 Å². The Hall–Kier alpha value is -4.92. The number of hydrogen-bond donors (Lipinski definition) is 1. The highest BCUT2D eigenvalue weighted by Crippen LogP contribution is 2.33. The SMILES string of the molecule is CNC(=O)c1ccc(-c2ccc3c(c2)nc(-c2cccn2C)n3-c2ccc3c(c2)n(C)c(=O)n3C)cc1F. The number of aryl methyl sites for hydroxylation is 3. The van der Waals surface area contributed by atoms with Gasteiger partial charge in [-0.3, -0.25) is 18.5 Å². The van der Waals surface area contributed by atoms with Gasteiger partial charge in [-0.1, -0.05) is 12.1 Å². The molecule has 3 heterocycles. The van der Waals surface area contributed by atoms with Crippen LogP contribution in [0.4, 0.5) is 4.39 Å². The van der Waals surface area contributed by atoms with Crippen molar-refractivity contribution in [2.24, 2.45) is 21.1 Å². The zero-order chi connectivity index (χ0) is 26.7. The number of benzene rings is 3. The van der Waals surface area contributed by atoms with Gasteiger partial charge in [-0.25, -0.2) is 14.2 Å². The number of halogens is 1. The summed E-state index contributed by atoms with van der Waals surface area (Å²) >= 11 is 0. The Morgan fingerprint density at radius 2 is 1.58 bits per heavy atom. The lowest BCUT2D eigenvalue weighted by Gasteiger charge is -2.11. The van der Waals surface area contributed by atoms with Crippen LogP contribution in [0, 0.1) is 5.82 Å². The highest BCUT2D eigenvalue weighted by molar-refractivity contribution is 5.95. The maximum absolute atomic E-state index is 14.7. The predicted octanol–water partition coefficient (Wildman–Crippen LogP) is 4.39. The predicted molar refractivity (Wildman–Crippen MR) is 146 cm³/mol. The van der Waals surface area contributed by atoms with E-state index in [9.17, 15) is 14.0 Å². The molecule has 190 valence electrons. The van der Waals surface area contributed by atoms with Crippen molar-refractivity contribution in [2.45, 2.75) is 0 Å². The minimum absolute atomic E-state index is 0.00157. The van der Waals surface area contributed by atoms with Crippen molar-refractivity contribution < 1.29 is 9.18 Å². The fourth-order valence-electron chi connectivity index (χ4n) is 5.03. The zero-order valence-corrected chi connectivity index (χ0v) is 21.4. The number of carbonyl (C=O) groups excluding carboxylic acids is 1. The van der Waals surface area contributed by atoms with E-state index in [1.54, 1.807) is 29.3 Å². The molecular weight excluding hydrogens is 483 g/mol. The standard InChI is InChI=1S/C29H25FN6O2/c1-31-28(37)20-10-7-17(14-21(20)30)18-8-11-23-22(15-18)32-27(25-6-5-13-33(25)2)36(23)19-9-12-24-26(16-19)35(4)29(38)34(24)3/h5-16H,1-4H3,(H,31,37). The molecule has 0 saturated heterocycles. The van der Waals surface area contributed by atoms with Crippen LogP contribution in [0.2, 0.25) is 0 Å². The maximum atomic E-state index is 14.7. The van der Waals surface area contributed by atoms with Crippen LogP contribution in [0.1, 0.15) is 10.4 Å². The van der Waals surface area contributed by atoms with Crippen LogP contribution in [0.5, 0.6) is 0 Å². The van der Waals surface area contributed by atoms with Gasteiger partial charge in [0, 0.05) is 40.1 Å². The first-order valence-electron chi connectivity index (χ1n) is 12.1. The highest BCUT2D eigenvalue weighted by Gasteiger charge is 2.19. The molecule has 3 aromatic heterocycles. The van der Waals surface area contributed by atoms with Crippen LogP contribution in [0.3, 0.4) is 0 Å². The maximum Gasteiger partial charge on any atom is 0.328 e. The van der Waals surface area contributed by atoms with Gasteiger partial charge in [0.15, 0.2) is 5.82 Å². The van der Waals surface area contributed by atoms with Gasteiger partial charge in [-0.05, 0) is 65.7 Å². The molecular formula is C29H25FN6O2. The van der Waals surface area contributed by atoms with Gasteiger partial charge in [0.1, 0.15) is 5.82 Å². The van der Waals surface area contributed by atoms with Crippen LogP contribution < -0.4 is 11.0 Å². The summed E-state index contributed by atoms with van der Waals surface area (Å²) in [5.41, 5.74) is 6.39. The molecule has 0 aliphatic carbocycles. The number of amides is 1. The first kappa shape index (κ1) is 23.5. The molecule has 3 aromatic carbocycles. The molecule has 1 amide bonds. The lowest BCUT2D eigenvalue weighted by molar-refractivity contribution is 0.0959. The fraction of sp³-hybridized carbons (Fsp3) is 0.138. The van der Waals surface area contributed by atoms with Crippen LogP contribution >= 0.6 is 0 Å². The van der Waals surface area contributed by atoms with Gasteiger partial charge in [-0.15, -0.1) is 0 Å². The Morgan fingerprint density at radius 3 is 2.29 bits per heavy atom. The number of fused-ring (bicyclic) bond motifs is 2. The van der Waals surface area contributed by atoms with Crippen molar-refractivity contribution >= 4 is 28.0 Å². The fourth-order valence-corrected chi connectivity index (χ4v) is 5.03. The molecule has 0 radical (unpaired) electrons. The molecule has 1 N–H and O–H groups in total. The third-order valence-electron chi connectivity index (χ3n) is 7.12. The third kappa shape index (κ3) is 3.47. The van der Waals surface area contributed by atoms with Gasteiger partial charge in [0.25, 0.3) is 5.91 Å². The molecule has 6 aromatic rings. The summed E-state index contributed by atoms with van der Waals surface area (Å²) in [7, 11) is 6.96. The molecule has 38 heavy (non-hydrogen) atoms. The lowest BCUT2D eigenvalue weighted by Crippen LogP contribution is -2.19. The van der Waals surface area contributed by atoms with E-state index in [-0.39, 0.29) is 11.3 Å². The molecule has 8 nitrogen and oxygen atoms in total. The summed E-state index contributed by atoms with van der Waals surface area (Å²) in [6.07, 6.45) is 1.96. The van der Waals surface area contributed by atoms with Crippen molar-refractivity contribution in [1.82, 2.24) is 28.6 Å². The largest absolute Gasteiger partial charge is 0.355 e. The quantitative estimate of drug-likeness (QED) is 0.384. The third-order valence-corrected chi connectivity index (χ3v) is 7.12. The summed E-state index contributed by atoms with van der Waals surface area (Å²) < 4.78 is 22.0. The second-order valence-electron chi connectivity index (χ2n) is 9.33. The van der Waals surface area contributed by atoms with E-state index >= 15 is 0 Å². The number of carbonyl (C=O) groups is 1. The Kier molecular flexibility index (Phi) is 5.30. The van der Waals surface area contributed by atoms with E-state index in [4.69, 9.17) is 4.98 Å². The molecule has 0 aliphatic heterocycles. The van der Waals surface area contributed by atoms with Crippen molar-refractivity contribution in [3.05, 3.63) is 94.8 Å². The molecule has 0 atom stereocenters. The van der Waals surface area contributed by atoms with Gasteiger partial charge in [0.05, 0.1) is 33.3 Å². The molecule has 0 spiro atoms. The Labute approximate surface area is 217 Å².